The number of nitrogens with zero attached hydrogens (tertiary/aromatic N) is 1. The van der Waals surface area contributed by atoms with Crippen LogP contribution in [-0.2, 0) is 16.0 Å². The predicted octanol–water partition coefficient (Wildman–Crippen LogP) is 4.04. The second kappa shape index (κ2) is 7.31. The van der Waals surface area contributed by atoms with Crippen LogP contribution in [0.5, 0.6) is 0 Å². The van der Waals surface area contributed by atoms with E-state index in [0.29, 0.717) is 12.0 Å². The summed E-state index contributed by atoms with van der Waals surface area (Å²) in [6.07, 6.45) is 0.401. The quantitative estimate of drug-likeness (QED) is 0.502. The van der Waals surface area contributed by atoms with E-state index in [-0.39, 0.29) is 11.9 Å². The monoisotopic (exact) mass is 371 g/mol. The highest BCUT2D eigenvalue weighted by atomic mass is 16.5. The van der Waals surface area contributed by atoms with Crippen molar-refractivity contribution < 1.29 is 14.3 Å². The van der Waals surface area contributed by atoms with E-state index in [9.17, 15) is 9.59 Å². The number of benzene rings is 3. The van der Waals surface area contributed by atoms with Gasteiger partial charge in [-0.15, -0.1) is 0 Å². The molecule has 140 valence electrons. The summed E-state index contributed by atoms with van der Waals surface area (Å²) in [4.78, 5) is 28.0. The minimum Gasteiger partial charge on any atom is -0.467 e. The summed E-state index contributed by atoms with van der Waals surface area (Å²) in [7, 11) is 1.38. The molecule has 0 bridgehead atoms. The molecule has 0 aliphatic carbocycles. The van der Waals surface area contributed by atoms with Crippen LogP contribution in [0.25, 0.3) is 0 Å². The molecule has 1 aliphatic rings. The van der Waals surface area contributed by atoms with Gasteiger partial charge in [-0.05, 0) is 23.3 Å². The van der Waals surface area contributed by atoms with Crippen LogP contribution in [0, 0.1) is 0 Å². The maximum absolute atomic E-state index is 13.3. The van der Waals surface area contributed by atoms with E-state index in [1.807, 2.05) is 78.9 Å². The van der Waals surface area contributed by atoms with Crippen LogP contribution >= 0.6 is 0 Å². The molecule has 1 aliphatic heterocycles. The van der Waals surface area contributed by atoms with Crippen molar-refractivity contribution in [1.82, 2.24) is 4.90 Å². The first-order valence-corrected chi connectivity index (χ1v) is 9.24. The molecule has 0 unspecified atom stereocenters. The number of methoxy groups -OCH3 is 1. The fraction of sp³-hybridized carbons (Fsp3) is 0.167. The molecule has 3 aromatic carbocycles. The van der Waals surface area contributed by atoms with Gasteiger partial charge in [-0.1, -0.05) is 78.9 Å². The number of carbonyl (C=O) groups excluding carboxylic acids is 2. The average Bonchev–Trinajstić information content (AvgIpc) is 3.43. The lowest BCUT2D eigenvalue weighted by Crippen LogP contribution is -2.35. The van der Waals surface area contributed by atoms with Gasteiger partial charge in [0.25, 0.3) is 5.91 Å². The lowest BCUT2D eigenvalue weighted by Gasteiger charge is -2.15. The van der Waals surface area contributed by atoms with Crippen molar-refractivity contribution in [1.29, 1.82) is 0 Å². The molecule has 4 nitrogen and oxygen atoms in total. The first-order chi connectivity index (χ1) is 13.7. The summed E-state index contributed by atoms with van der Waals surface area (Å²) in [5.41, 5.74) is 1.41. The lowest BCUT2D eigenvalue weighted by molar-refractivity contribution is -0.144. The molecule has 0 saturated carbocycles. The highest BCUT2D eigenvalue weighted by Gasteiger charge is 2.71. The van der Waals surface area contributed by atoms with Crippen molar-refractivity contribution >= 4 is 11.9 Å². The Kier molecular flexibility index (Phi) is 4.70. The second-order valence-corrected chi connectivity index (χ2v) is 6.93. The molecular weight excluding hydrogens is 350 g/mol. The van der Waals surface area contributed by atoms with Gasteiger partial charge in [0, 0.05) is 12.0 Å². The van der Waals surface area contributed by atoms with E-state index in [1.54, 1.807) is 17.0 Å². The highest BCUT2D eigenvalue weighted by Crippen LogP contribution is 2.56. The summed E-state index contributed by atoms with van der Waals surface area (Å²) in [6, 6.07) is 28.1. The van der Waals surface area contributed by atoms with Crippen molar-refractivity contribution in [3.63, 3.8) is 0 Å². The predicted molar refractivity (Wildman–Crippen MR) is 107 cm³/mol. The van der Waals surface area contributed by atoms with Crippen molar-refractivity contribution in [2.24, 2.45) is 0 Å². The summed E-state index contributed by atoms with van der Waals surface area (Å²) in [5.74, 6) is -0.565. The molecule has 1 heterocycles. The number of amides is 1. The molecule has 28 heavy (non-hydrogen) atoms. The number of hydrogen-bond donors (Lipinski definition) is 0. The highest BCUT2D eigenvalue weighted by molar-refractivity contribution is 6.03. The molecule has 3 aromatic rings. The molecule has 0 aromatic heterocycles. The lowest BCUT2D eigenvalue weighted by atomic mass is 9.92. The van der Waals surface area contributed by atoms with Gasteiger partial charge >= 0.3 is 5.97 Å². The largest absolute Gasteiger partial charge is 0.467 e. The van der Waals surface area contributed by atoms with Crippen LogP contribution in [0.15, 0.2) is 91.0 Å². The Morgan fingerprint density at radius 3 is 1.96 bits per heavy atom. The average molecular weight is 371 g/mol. The fourth-order valence-electron chi connectivity index (χ4n) is 3.96. The van der Waals surface area contributed by atoms with Crippen LogP contribution in [-0.4, -0.2) is 29.4 Å². The van der Waals surface area contributed by atoms with Gasteiger partial charge in [-0.25, -0.2) is 4.79 Å². The van der Waals surface area contributed by atoms with E-state index < -0.39 is 11.5 Å². The van der Waals surface area contributed by atoms with Crippen molar-refractivity contribution in [3.05, 3.63) is 108 Å². The zero-order chi connectivity index (χ0) is 19.6. The number of carbonyl (C=O) groups is 2. The summed E-state index contributed by atoms with van der Waals surface area (Å²) in [6.45, 7) is 0. The van der Waals surface area contributed by atoms with E-state index >= 15 is 0 Å². The van der Waals surface area contributed by atoms with E-state index in [2.05, 4.69) is 0 Å². The number of rotatable bonds is 5. The zero-order valence-corrected chi connectivity index (χ0v) is 15.6. The van der Waals surface area contributed by atoms with Gasteiger partial charge < -0.3 is 9.64 Å². The van der Waals surface area contributed by atoms with Crippen LogP contribution in [0.4, 0.5) is 0 Å². The minimum atomic E-state index is -1.05. The Hall–Kier alpha value is -3.40. The molecule has 4 heteroatoms. The third-order valence-corrected chi connectivity index (χ3v) is 5.28. The summed E-state index contributed by atoms with van der Waals surface area (Å²) in [5, 5.41) is 0. The Morgan fingerprint density at radius 2 is 1.39 bits per heavy atom. The molecule has 0 N–H and O–H groups in total. The molecule has 0 spiro atoms. The van der Waals surface area contributed by atoms with Gasteiger partial charge in [-0.2, -0.15) is 0 Å². The Morgan fingerprint density at radius 1 is 0.857 bits per heavy atom. The molecule has 0 radical (unpaired) electrons. The van der Waals surface area contributed by atoms with Crippen molar-refractivity contribution in [3.8, 4) is 0 Å². The van der Waals surface area contributed by atoms with Crippen LogP contribution in [0.3, 0.4) is 0 Å². The third-order valence-electron chi connectivity index (χ3n) is 5.28. The number of ether oxygens (including phenoxy) is 1. The topological polar surface area (TPSA) is 46.4 Å². The molecule has 4 rings (SSSR count). The summed E-state index contributed by atoms with van der Waals surface area (Å²) < 4.78 is 5.18. The normalized spacial score (nSPS) is 20.5. The molecular formula is C24H21NO3. The van der Waals surface area contributed by atoms with Gasteiger partial charge in [0.05, 0.1) is 13.2 Å². The maximum Gasteiger partial charge on any atom is 0.334 e. The Labute approximate surface area is 164 Å². The Bertz CT molecular complexity index is 973. The van der Waals surface area contributed by atoms with Crippen molar-refractivity contribution in [2.75, 3.05) is 7.11 Å². The van der Waals surface area contributed by atoms with Gasteiger partial charge in [0.1, 0.15) is 0 Å². The molecule has 1 saturated heterocycles. The van der Waals surface area contributed by atoms with Crippen LogP contribution < -0.4 is 0 Å². The maximum atomic E-state index is 13.3. The first-order valence-electron chi connectivity index (χ1n) is 9.24. The number of esters is 1. The van der Waals surface area contributed by atoms with Crippen LogP contribution in [0.1, 0.15) is 27.5 Å². The van der Waals surface area contributed by atoms with Gasteiger partial charge in [0.15, 0.2) is 5.54 Å². The fourth-order valence-corrected chi connectivity index (χ4v) is 3.96. The SMILES string of the molecule is COC(=O)[C@@]1(Cc2ccccc2)[C@H](c2ccccc2)N1C(=O)c1ccccc1. The van der Waals surface area contributed by atoms with Crippen molar-refractivity contribution in [2.45, 2.75) is 18.0 Å². The minimum absolute atomic E-state index is 0.171. The van der Waals surface area contributed by atoms with E-state index in [0.717, 1.165) is 11.1 Å². The van der Waals surface area contributed by atoms with E-state index in [4.69, 9.17) is 4.74 Å². The van der Waals surface area contributed by atoms with E-state index in [1.165, 1.54) is 7.11 Å². The standard InChI is InChI=1S/C24H21NO3/c1-28-23(27)24(17-18-11-5-2-6-12-18)21(19-13-7-3-8-14-19)25(24)22(26)20-15-9-4-10-16-20/h2-16,21H,17H2,1H3/t21-,24+,25?/m0/s1. The van der Waals surface area contributed by atoms with Gasteiger partial charge in [-0.3, -0.25) is 4.79 Å². The third kappa shape index (κ3) is 2.97. The zero-order valence-electron chi connectivity index (χ0n) is 15.6. The Balaban J connectivity index is 1.80. The van der Waals surface area contributed by atoms with Gasteiger partial charge in [0.2, 0.25) is 0 Å². The number of hydrogen-bond acceptors (Lipinski definition) is 3. The molecule has 1 amide bonds. The molecule has 1 fully saturated rings. The summed E-state index contributed by atoms with van der Waals surface area (Å²) >= 11 is 0. The second-order valence-electron chi connectivity index (χ2n) is 6.93. The smallest absolute Gasteiger partial charge is 0.334 e. The van der Waals surface area contributed by atoms with Crippen LogP contribution in [0.2, 0.25) is 0 Å². The first kappa shape index (κ1) is 18.0. The molecule has 2 atom stereocenters.